The molecule has 0 bridgehead atoms. The average Bonchev–Trinajstić information content (AvgIpc) is 2.74. The molecule has 88 valence electrons. The lowest BCUT2D eigenvalue weighted by molar-refractivity contribution is 0.121. The van der Waals surface area contributed by atoms with Gasteiger partial charge in [-0.1, -0.05) is 20.8 Å². The summed E-state index contributed by atoms with van der Waals surface area (Å²) in [5, 5.41) is 3.59. The lowest BCUT2D eigenvalue weighted by Crippen LogP contribution is -2.55. The fraction of sp³-hybridized carbons (Fsp3) is 1.00. The summed E-state index contributed by atoms with van der Waals surface area (Å²) in [6.45, 7) is 13.2. The van der Waals surface area contributed by atoms with E-state index in [0.29, 0.717) is 11.5 Å². The van der Waals surface area contributed by atoms with E-state index in [4.69, 9.17) is 0 Å². The van der Waals surface area contributed by atoms with Gasteiger partial charge in [-0.3, -0.25) is 4.90 Å². The lowest BCUT2D eigenvalue weighted by Gasteiger charge is -2.39. The van der Waals surface area contributed by atoms with Gasteiger partial charge in [0.25, 0.3) is 0 Å². The first kappa shape index (κ1) is 11.4. The number of piperazine rings is 1. The van der Waals surface area contributed by atoms with Gasteiger partial charge >= 0.3 is 0 Å². The normalized spacial score (nSPS) is 40.4. The molecule has 2 fully saturated rings. The van der Waals surface area contributed by atoms with Gasteiger partial charge < -0.3 is 5.32 Å². The van der Waals surface area contributed by atoms with Crippen LogP contribution in [0.1, 0.15) is 40.5 Å². The van der Waals surface area contributed by atoms with Crippen LogP contribution in [0, 0.1) is 11.3 Å². The Balaban J connectivity index is 1.87. The van der Waals surface area contributed by atoms with E-state index >= 15 is 0 Å². The van der Waals surface area contributed by atoms with E-state index < -0.39 is 0 Å². The molecule has 0 aromatic carbocycles. The zero-order chi connectivity index (χ0) is 11.1. The Bertz CT molecular complexity index is 225. The number of hydrogen-bond acceptors (Lipinski definition) is 2. The third-order valence-electron chi connectivity index (χ3n) is 4.37. The average molecular weight is 210 g/mol. The molecule has 2 heteroatoms. The van der Waals surface area contributed by atoms with E-state index in [2.05, 4.69) is 37.9 Å². The van der Waals surface area contributed by atoms with Crippen LogP contribution in [0.25, 0.3) is 0 Å². The summed E-state index contributed by atoms with van der Waals surface area (Å²) >= 11 is 0. The van der Waals surface area contributed by atoms with E-state index in [1.807, 2.05) is 0 Å². The second-order valence-electron chi connectivity index (χ2n) is 6.21. The maximum atomic E-state index is 3.59. The van der Waals surface area contributed by atoms with Crippen molar-refractivity contribution in [3.63, 3.8) is 0 Å². The third kappa shape index (κ3) is 2.54. The van der Waals surface area contributed by atoms with Gasteiger partial charge in [0, 0.05) is 31.7 Å². The van der Waals surface area contributed by atoms with Crippen LogP contribution in [0.4, 0.5) is 0 Å². The van der Waals surface area contributed by atoms with Gasteiger partial charge in [0.1, 0.15) is 0 Å². The van der Waals surface area contributed by atoms with E-state index in [1.54, 1.807) is 0 Å². The molecule has 0 spiro atoms. The first-order valence-electron chi connectivity index (χ1n) is 6.50. The Kier molecular flexibility index (Phi) is 3.09. The minimum Gasteiger partial charge on any atom is -0.311 e. The van der Waals surface area contributed by atoms with E-state index in [-0.39, 0.29) is 0 Å². The number of nitrogens with zero attached hydrogens (tertiary/aromatic N) is 1. The highest BCUT2D eigenvalue weighted by molar-refractivity contribution is 4.98. The fourth-order valence-electron chi connectivity index (χ4n) is 2.83. The molecule has 1 aliphatic heterocycles. The van der Waals surface area contributed by atoms with Gasteiger partial charge in [-0.15, -0.1) is 0 Å². The molecule has 1 saturated heterocycles. The van der Waals surface area contributed by atoms with Gasteiger partial charge in [-0.2, -0.15) is 0 Å². The first-order chi connectivity index (χ1) is 7.03. The van der Waals surface area contributed by atoms with Crippen molar-refractivity contribution in [1.29, 1.82) is 0 Å². The van der Waals surface area contributed by atoms with Crippen LogP contribution in [0.5, 0.6) is 0 Å². The predicted octanol–water partition coefficient (Wildman–Crippen LogP) is 2.10. The van der Waals surface area contributed by atoms with Crippen LogP contribution in [0.3, 0.4) is 0 Å². The summed E-state index contributed by atoms with van der Waals surface area (Å²) in [6.07, 6.45) is 2.72. The van der Waals surface area contributed by atoms with Crippen LogP contribution in [-0.2, 0) is 0 Å². The zero-order valence-corrected chi connectivity index (χ0v) is 10.7. The van der Waals surface area contributed by atoms with Gasteiger partial charge in [0.15, 0.2) is 0 Å². The van der Waals surface area contributed by atoms with Crippen molar-refractivity contribution in [2.24, 2.45) is 11.3 Å². The van der Waals surface area contributed by atoms with Crippen molar-refractivity contribution < 1.29 is 0 Å². The molecule has 0 aromatic heterocycles. The topological polar surface area (TPSA) is 15.3 Å². The van der Waals surface area contributed by atoms with Crippen molar-refractivity contribution in [3.8, 4) is 0 Å². The van der Waals surface area contributed by atoms with Gasteiger partial charge in [0.2, 0.25) is 0 Å². The summed E-state index contributed by atoms with van der Waals surface area (Å²) in [6, 6.07) is 1.45. The Labute approximate surface area is 94.4 Å². The number of nitrogens with one attached hydrogen (secondary N) is 1. The first-order valence-corrected chi connectivity index (χ1v) is 6.50. The van der Waals surface area contributed by atoms with Crippen LogP contribution in [-0.4, -0.2) is 36.6 Å². The second kappa shape index (κ2) is 4.06. The highest BCUT2D eigenvalue weighted by atomic mass is 15.2. The summed E-state index contributed by atoms with van der Waals surface area (Å²) in [4.78, 5) is 2.72. The van der Waals surface area contributed by atoms with Crippen LogP contribution >= 0.6 is 0 Å². The van der Waals surface area contributed by atoms with Gasteiger partial charge in [-0.25, -0.2) is 0 Å². The molecule has 15 heavy (non-hydrogen) atoms. The van der Waals surface area contributed by atoms with Crippen molar-refractivity contribution in [3.05, 3.63) is 0 Å². The Morgan fingerprint density at radius 3 is 2.60 bits per heavy atom. The maximum absolute atomic E-state index is 3.59. The van der Waals surface area contributed by atoms with Crippen molar-refractivity contribution >= 4 is 0 Å². The SMILES string of the molecule is CCC1CNC(C)CN1CC1CC1(C)C. The Hall–Kier alpha value is -0.0800. The quantitative estimate of drug-likeness (QED) is 0.767. The van der Waals surface area contributed by atoms with Gasteiger partial charge in [-0.05, 0) is 31.1 Å². The Morgan fingerprint density at radius 1 is 1.40 bits per heavy atom. The molecule has 1 N–H and O–H groups in total. The minimum absolute atomic E-state index is 0.631. The number of hydrogen-bond donors (Lipinski definition) is 1. The summed E-state index contributed by atoms with van der Waals surface area (Å²) in [7, 11) is 0. The number of rotatable bonds is 3. The van der Waals surface area contributed by atoms with Gasteiger partial charge in [0.05, 0.1) is 0 Å². The fourth-order valence-corrected chi connectivity index (χ4v) is 2.83. The molecule has 0 radical (unpaired) electrons. The maximum Gasteiger partial charge on any atom is 0.0218 e. The summed E-state index contributed by atoms with van der Waals surface area (Å²) in [5.41, 5.74) is 0.631. The monoisotopic (exact) mass is 210 g/mol. The molecule has 2 nitrogen and oxygen atoms in total. The summed E-state index contributed by atoms with van der Waals surface area (Å²) in [5.74, 6) is 0.955. The second-order valence-corrected chi connectivity index (χ2v) is 6.21. The molecular weight excluding hydrogens is 184 g/mol. The highest BCUT2D eigenvalue weighted by Crippen LogP contribution is 2.52. The molecule has 1 aliphatic carbocycles. The lowest BCUT2D eigenvalue weighted by atomic mass is 10.0. The molecule has 3 atom stereocenters. The van der Waals surface area contributed by atoms with E-state index in [1.165, 1.54) is 32.5 Å². The largest absolute Gasteiger partial charge is 0.311 e. The highest BCUT2D eigenvalue weighted by Gasteiger charge is 2.46. The molecule has 0 aromatic rings. The third-order valence-corrected chi connectivity index (χ3v) is 4.37. The van der Waals surface area contributed by atoms with E-state index in [0.717, 1.165) is 12.0 Å². The molecule has 2 rings (SSSR count). The van der Waals surface area contributed by atoms with Crippen molar-refractivity contribution in [1.82, 2.24) is 10.2 Å². The van der Waals surface area contributed by atoms with E-state index in [9.17, 15) is 0 Å². The standard InChI is InChI=1S/C13H26N2/c1-5-12-7-14-10(2)8-15(12)9-11-6-13(11,3)4/h10-12,14H,5-9H2,1-4H3. The molecule has 2 aliphatic rings. The molecule has 1 heterocycles. The molecule has 0 amide bonds. The predicted molar refractivity (Wildman–Crippen MR) is 65.0 cm³/mol. The zero-order valence-electron chi connectivity index (χ0n) is 10.7. The van der Waals surface area contributed by atoms with Crippen LogP contribution < -0.4 is 5.32 Å². The summed E-state index contributed by atoms with van der Waals surface area (Å²) < 4.78 is 0. The Morgan fingerprint density at radius 2 is 2.07 bits per heavy atom. The molecule has 1 saturated carbocycles. The molecule has 3 unspecified atom stereocenters. The molecular formula is C13H26N2. The van der Waals surface area contributed by atoms with Crippen molar-refractivity contribution in [2.75, 3.05) is 19.6 Å². The smallest absolute Gasteiger partial charge is 0.0218 e. The minimum atomic E-state index is 0.631. The van der Waals surface area contributed by atoms with Crippen LogP contribution in [0.15, 0.2) is 0 Å². The van der Waals surface area contributed by atoms with Crippen LogP contribution in [0.2, 0.25) is 0 Å². The van der Waals surface area contributed by atoms with Crippen molar-refractivity contribution in [2.45, 2.75) is 52.6 Å².